The lowest BCUT2D eigenvalue weighted by Gasteiger charge is -2.04. The van der Waals surface area contributed by atoms with Crippen molar-refractivity contribution in [1.82, 2.24) is 0 Å². The first kappa shape index (κ1) is 9.25. The molecule has 2 nitrogen and oxygen atoms in total. The van der Waals surface area contributed by atoms with Crippen LogP contribution in [0.1, 0.15) is 36.5 Å². The molecule has 1 aliphatic rings. The molecule has 0 aliphatic heterocycles. The van der Waals surface area contributed by atoms with E-state index in [1.165, 1.54) is 30.4 Å². The van der Waals surface area contributed by atoms with Gasteiger partial charge in [0.25, 0.3) is 0 Å². The molecule has 1 aromatic rings. The summed E-state index contributed by atoms with van der Waals surface area (Å²) in [5, 5.41) is 12.1. The number of benzene rings is 1. The van der Waals surface area contributed by atoms with Crippen LogP contribution in [-0.4, -0.2) is 10.9 Å². The molecule has 0 amide bonds. The average Bonchev–Trinajstić information content (AvgIpc) is 2.66. The first-order valence-electron chi connectivity index (χ1n) is 5.18. The van der Waals surface area contributed by atoms with E-state index in [9.17, 15) is 0 Å². The van der Waals surface area contributed by atoms with Crippen LogP contribution < -0.4 is 0 Å². The number of rotatable bonds is 2. The summed E-state index contributed by atoms with van der Waals surface area (Å²) >= 11 is 0. The molecule has 74 valence electrons. The fourth-order valence-corrected chi connectivity index (χ4v) is 2.08. The molecule has 1 N–H and O–H groups in total. The van der Waals surface area contributed by atoms with E-state index in [0.29, 0.717) is 0 Å². The highest BCUT2D eigenvalue weighted by molar-refractivity contribution is 6.00. The Kier molecular flexibility index (Phi) is 2.53. The summed E-state index contributed by atoms with van der Waals surface area (Å²) in [6.07, 6.45) is 4.41. The third kappa shape index (κ3) is 1.52. The van der Waals surface area contributed by atoms with E-state index < -0.39 is 0 Å². The summed E-state index contributed by atoms with van der Waals surface area (Å²) in [6, 6.07) is 6.39. The Morgan fingerprint density at radius 3 is 2.86 bits per heavy atom. The predicted molar refractivity (Wildman–Crippen MR) is 57.1 cm³/mol. The summed E-state index contributed by atoms with van der Waals surface area (Å²) in [5.74, 6) is 0. The summed E-state index contributed by atoms with van der Waals surface area (Å²) in [5.41, 5.74) is 4.73. The van der Waals surface area contributed by atoms with Gasteiger partial charge < -0.3 is 5.21 Å². The fraction of sp³-hybridized carbons (Fsp3) is 0.417. The van der Waals surface area contributed by atoms with E-state index in [1.807, 2.05) is 6.92 Å². The van der Waals surface area contributed by atoms with Gasteiger partial charge in [-0.25, -0.2) is 0 Å². The summed E-state index contributed by atoms with van der Waals surface area (Å²) in [7, 11) is 0. The Bertz CT molecular complexity index is 369. The minimum atomic E-state index is 0.773. The van der Waals surface area contributed by atoms with Crippen molar-refractivity contribution >= 4 is 5.71 Å². The molecular formula is C12H15NO. The standard InChI is InChI=1S/C12H15NO/c1-2-12(13-14)11-7-6-9-4-3-5-10(9)8-11/h6-8,14H,2-5H2,1H3. The number of aryl methyl sites for hydroxylation is 2. The van der Waals surface area contributed by atoms with Crippen molar-refractivity contribution in [2.45, 2.75) is 32.6 Å². The molecule has 1 aromatic carbocycles. The van der Waals surface area contributed by atoms with E-state index in [2.05, 4.69) is 23.4 Å². The molecule has 0 fully saturated rings. The highest BCUT2D eigenvalue weighted by atomic mass is 16.4. The van der Waals surface area contributed by atoms with Crippen LogP contribution in [0.15, 0.2) is 23.4 Å². The number of hydrogen-bond acceptors (Lipinski definition) is 2. The predicted octanol–water partition coefficient (Wildman–Crippen LogP) is 2.76. The van der Waals surface area contributed by atoms with Crippen LogP contribution in [-0.2, 0) is 12.8 Å². The fourth-order valence-electron chi connectivity index (χ4n) is 2.08. The van der Waals surface area contributed by atoms with E-state index in [1.54, 1.807) is 0 Å². The molecule has 1 aliphatic carbocycles. The van der Waals surface area contributed by atoms with Crippen LogP contribution in [0.3, 0.4) is 0 Å². The van der Waals surface area contributed by atoms with Gasteiger partial charge in [0.05, 0.1) is 5.71 Å². The number of oxime groups is 1. The molecule has 0 saturated heterocycles. The van der Waals surface area contributed by atoms with E-state index in [-0.39, 0.29) is 0 Å². The Balaban J connectivity index is 2.37. The van der Waals surface area contributed by atoms with Crippen molar-refractivity contribution in [2.75, 3.05) is 0 Å². The van der Waals surface area contributed by atoms with Gasteiger partial charge in [0, 0.05) is 0 Å². The molecule has 0 bridgehead atoms. The minimum Gasteiger partial charge on any atom is -0.411 e. The van der Waals surface area contributed by atoms with Crippen LogP contribution >= 0.6 is 0 Å². The third-order valence-electron chi connectivity index (χ3n) is 2.89. The van der Waals surface area contributed by atoms with Crippen LogP contribution in [0.2, 0.25) is 0 Å². The zero-order chi connectivity index (χ0) is 9.97. The first-order valence-corrected chi connectivity index (χ1v) is 5.18. The minimum absolute atomic E-state index is 0.773. The van der Waals surface area contributed by atoms with Crippen molar-refractivity contribution in [2.24, 2.45) is 5.16 Å². The van der Waals surface area contributed by atoms with Crippen LogP contribution in [0.25, 0.3) is 0 Å². The molecule has 0 unspecified atom stereocenters. The molecule has 2 heteroatoms. The molecule has 14 heavy (non-hydrogen) atoms. The smallest absolute Gasteiger partial charge is 0.0865 e. The van der Waals surface area contributed by atoms with Gasteiger partial charge in [0.2, 0.25) is 0 Å². The van der Waals surface area contributed by atoms with E-state index in [4.69, 9.17) is 5.21 Å². The van der Waals surface area contributed by atoms with Gasteiger partial charge in [-0.05, 0) is 48.4 Å². The Morgan fingerprint density at radius 2 is 2.14 bits per heavy atom. The Labute approximate surface area is 84.3 Å². The summed E-state index contributed by atoms with van der Waals surface area (Å²) in [4.78, 5) is 0. The lowest BCUT2D eigenvalue weighted by Crippen LogP contribution is -1.99. The van der Waals surface area contributed by atoms with Gasteiger partial charge in [0.15, 0.2) is 0 Å². The van der Waals surface area contributed by atoms with Crippen molar-refractivity contribution < 1.29 is 5.21 Å². The van der Waals surface area contributed by atoms with E-state index >= 15 is 0 Å². The Morgan fingerprint density at radius 1 is 1.36 bits per heavy atom. The molecule has 0 radical (unpaired) electrons. The topological polar surface area (TPSA) is 32.6 Å². The maximum absolute atomic E-state index is 8.82. The molecule has 0 aromatic heterocycles. The highest BCUT2D eigenvalue weighted by Gasteiger charge is 2.12. The molecule has 0 spiro atoms. The van der Waals surface area contributed by atoms with Crippen molar-refractivity contribution in [3.63, 3.8) is 0 Å². The molecule has 0 saturated carbocycles. The second-order valence-corrected chi connectivity index (χ2v) is 3.74. The maximum atomic E-state index is 8.82. The van der Waals surface area contributed by atoms with Gasteiger partial charge in [-0.1, -0.05) is 24.2 Å². The summed E-state index contributed by atoms with van der Waals surface area (Å²) in [6.45, 7) is 2.00. The van der Waals surface area contributed by atoms with Crippen LogP contribution in [0, 0.1) is 0 Å². The molecule has 2 rings (SSSR count). The highest BCUT2D eigenvalue weighted by Crippen LogP contribution is 2.23. The van der Waals surface area contributed by atoms with Gasteiger partial charge >= 0.3 is 0 Å². The molecule has 0 heterocycles. The van der Waals surface area contributed by atoms with Gasteiger partial charge in [0.1, 0.15) is 0 Å². The number of nitrogens with zero attached hydrogens (tertiary/aromatic N) is 1. The SMILES string of the molecule is CCC(=NO)c1ccc2c(c1)CCC2. The second kappa shape index (κ2) is 3.82. The zero-order valence-corrected chi connectivity index (χ0v) is 8.45. The monoisotopic (exact) mass is 189 g/mol. The normalized spacial score (nSPS) is 15.6. The van der Waals surface area contributed by atoms with Gasteiger partial charge in [-0.2, -0.15) is 0 Å². The quantitative estimate of drug-likeness (QED) is 0.433. The third-order valence-corrected chi connectivity index (χ3v) is 2.89. The largest absolute Gasteiger partial charge is 0.411 e. The van der Waals surface area contributed by atoms with Crippen molar-refractivity contribution in [3.05, 3.63) is 34.9 Å². The summed E-state index contributed by atoms with van der Waals surface area (Å²) < 4.78 is 0. The van der Waals surface area contributed by atoms with Crippen molar-refractivity contribution in [1.29, 1.82) is 0 Å². The van der Waals surface area contributed by atoms with Gasteiger partial charge in [-0.3, -0.25) is 0 Å². The lowest BCUT2D eigenvalue weighted by atomic mass is 10.0. The maximum Gasteiger partial charge on any atom is 0.0865 e. The van der Waals surface area contributed by atoms with Crippen LogP contribution in [0.4, 0.5) is 0 Å². The van der Waals surface area contributed by atoms with Gasteiger partial charge in [-0.15, -0.1) is 0 Å². The number of fused-ring (bicyclic) bond motifs is 1. The van der Waals surface area contributed by atoms with Crippen molar-refractivity contribution in [3.8, 4) is 0 Å². The molecule has 0 atom stereocenters. The van der Waals surface area contributed by atoms with E-state index in [0.717, 1.165) is 17.7 Å². The lowest BCUT2D eigenvalue weighted by molar-refractivity contribution is 0.318. The Hall–Kier alpha value is -1.31. The average molecular weight is 189 g/mol. The number of hydrogen-bond donors (Lipinski definition) is 1. The zero-order valence-electron chi connectivity index (χ0n) is 8.45. The first-order chi connectivity index (χ1) is 6.85. The van der Waals surface area contributed by atoms with Crippen LogP contribution in [0.5, 0.6) is 0 Å². The second-order valence-electron chi connectivity index (χ2n) is 3.74. The molecular weight excluding hydrogens is 174 g/mol.